The summed E-state index contributed by atoms with van der Waals surface area (Å²) in [4.78, 5) is 19.0. The first kappa shape index (κ1) is 24.0. The van der Waals surface area contributed by atoms with Crippen molar-refractivity contribution in [2.75, 3.05) is 0 Å². The van der Waals surface area contributed by atoms with Crippen LogP contribution in [0.2, 0.25) is 0 Å². The van der Waals surface area contributed by atoms with Crippen molar-refractivity contribution in [3.8, 4) is 16.9 Å². The summed E-state index contributed by atoms with van der Waals surface area (Å²) in [5.74, 6) is 0. The smallest absolute Gasteiger partial charge is 0.283 e. The number of aromatic nitrogens is 3. The largest absolute Gasteiger partial charge is 0.297 e. The normalized spacial score (nSPS) is 12.3. The Kier molecular flexibility index (Phi) is 6.71. The van der Waals surface area contributed by atoms with E-state index in [1.807, 2.05) is 121 Å². The minimum Gasteiger partial charge on any atom is -0.283 e. The molecule has 2 aromatic heterocycles. The molecule has 0 unspecified atom stereocenters. The predicted molar refractivity (Wildman–Crippen MR) is 150 cm³/mol. The number of halogens is 1. The molecule has 0 spiro atoms. The average Bonchev–Trinajstić information content (AvgIpc) is 3.38. The Morgan fingerprint density at radius 3 is 2.33 bits per heavy atom. The molecule has 0 fully saturated rings. The van der Waals surface area contributed by atoms with Crippen LogP contribution in [-0.2, 0) is 7.05 Å². The Hall–Kier alpha value is -3.75. The van der Waals surface area contributed by atoms with Gasteiger partial charge in [-0.1, -0.05) is 76.6 Å². The Morgan fingerprint density at radius 2 is 1.64 bits per heavy atom. The standard InChI is InChI=1S/C28H24BrN5OS/c1-19(21-11-6-4-7-12-21)31-33-25(22-13-10-14-23(29)17-22)18-36-28(33)30-26-20(2)32(3)34(27(26)35)24-15-8-5-9-16-24/h4-18H,1-3H3. The van der Waals surface area contributed by atoms with Gasteiger partial charge in [0.25, 0.3) is 5.56 Å². The SMILES string of the molecule is CC(=Nn1c(-c2cccc(Br)c2)csc1=Nc1c(C)n(C)n(-c2ccccc2)c1=O)c1ccccc1. The molecule has 0 aliphatic heterocycles. The zero-order chi connectivity index (χ0) is 25.2. The van der Waals surface area contributed by atoms with Gasteiger partial charge < -0.3 is 0 Å². The van der Waals surface area contributed by atoms with Crippen LogP contribution in [0.1, 0.15) is 18.2 Å². The molecule has 2 heterocycles. The summed E-state index contributed by atoms with van der Waals surface area (Å²) in [7, 11) is 1.87. The first-order chi connectivity index (χ1) is 17.4. The molecule has 8 heteroatoms. The van der Waals surface area contributed by atoms with Gasteiger partial charge in [0.05, 0.1) is 22.8 Å². The van der Waals surface area contributed by atoms with Crippen molar-refractivity contribution in [1.29, 1.82) is 0 Å². The number of thiazole rings is 1. The highest BCUT2D eigenvalue weighted by Crippen LogP contribution is 2.25. The first-order valence-electron chi connectivity index (χ1n) is 11.4. The van der Waals surface area contributed by atoms with Gasteiger partial charge in [0.1, 0.15) is 0 Å². The maximum atomic E-state index is 13.5. The summed E-state index contributed by atoms with van der Waals surface area (Å²) in [5, 5.41) is 6.98. The molecule has 3 aromatic carbocycles. The Bertz CT molecular complexity index is 1690. The van der Waals surface area contributed by atoms with Crippen LogP contribution in [0.4, 0.5) is 5.69 Å². The highest BCUT2D eigenvalue weighted by atomic mass is 79.9. The molecule has 0 aliphatic carbocycles. The number of hydrogen-bond acceptors (Lipinski definition) is 4. The van der Waals surface area contributed by atoms with Gasteiger partial charge >= 0.3 is 0 Å². The van der Waals surface area contributed by atoms with Gasteiger partial charge in [-0.25, -0.2) is 14.4 Å². The molecule has 5 rings (SSSR count). The minimum atomic E-state index is -0.172. The van der Waals surface area contributed by atoms with E-state index >= 15 is 0 Å². The fourth-order valence-corrected chi connectivity index (χ4v) is 5.22. The summed E-state index contributed by atoms with van der Waals surface area (Å²) in [6.07, 6.45) is 0. The fourth-order valence-electron chi connectivity index (χ4n) is 3.99. The van der Waals surface area contributed by atoms with E-state index in [1.54, 1.807) is 4.68 Å². The molecule has 0 saturated heterocycles. The van der Waals surface area contributed by atoms with Gasteiger partial charge in [0.2, 0.25) is 4.80 Å². The van der Waals surface area contributed by atoms with Crippen molar-refractivity contribution >= 4 is 38.7 Å². The van der Waals surface area contributed by atoms with E-state index in [2.05, 4.69) is 15.9 Å². The molecule has 0 amide bonds. The van der Waals surface area contributed by atoms with Crippen LogP contribution >= 0.6 is 27.3 Å². The summed E-state index contributed by atoms with van der Waals surface area (Å²) >= 11 is 5.03. The van der Waals surface area contributed by atoms with Crippen LogP contribution in [-0.4, -0.2) is 19.8 Å². The average molecular weight is 559 g/mol. The number of rotatable bonds is 5. The third kappa shape index (κ3) is 4.57. The van der Waals surface area contributed by atoms with Crippen molar-refractivity contribution in [1.82, 2.24) is 14.0 Å². The summed E-state index contributed by atoms with van der Waals surface area (Å²) in [6, 6.07) is 27.7. The minimum absolute atomic E-state index is 0.172. The van der Waals surface area contributed by atoms with Crippen LogP contribution in [0.25, 0.3) is 16.9 Å². The number of benzene rings is 3. The van der Waals surface area contributed by atoms with Crippen molar-refractivity contribution in [3.63, 3.8) is 0 Å². The van der Waals surface area contributed by atoms with Crippen LogP contribution in [0, 0.1) is 6.92 Å². The van der Waals surface area contributed by atoms with Crippen molar-refractivity contribution in [2.24, 2.45) is 17.1 Å². The lowest BCUT2D eigenvalue weighted by molar-refractivity contribution is 0.630. The molecular formula is C28H24BrN5OS. The van der Waals surface area contributed by atoms with Gasteiger partial charge in [0.15, 0.2) is 5.69 Å². The summed E-state index contributed by atoms with van der Waals surface area (Å²) < 4.78 is 6.28. The third-order valence-electron chi connectivity index (χ3n) is 5.98. The lowest BCUT2D eigenvalue weighted by Crippen LogP contribution is -2.20. The maximum absolute atomic E-state index is 13.5. The summed E-state index contributed by atoms with van der Waals surface area (Å²) in [6.45, 7) is 3.88. The number of hydrogen-bond donors (Lipinski definition) is 0. The molecule has 0 aliphatic rings. The van der Waals surface area contributed by atoms with E-state index in [4.69, 9.17) is 10.1 Å². The van der Waals surface area contributed by atoms with E-state index in [-0.39, 0.29) is 5.56 Å². The molecule has 0 bridgehead atoms. The molecule has 0 N–H and O–H groups in total. The zero-order valence-corrected chi connectivity index (χ0v) is 22.5. The van der Waals surface area contributed by atoms with E-state index in [0.717, 1.165) is 38.4 Å². The van der Waals surface area contributed by atoms with Gasteiger partial charge in [-0.05, 0) is 43.7 Å². The molecule has 5 aromatic rings. The number of para-hydroxylation sites is 1. The van der Waals surface area contributed by atoms with Crippen LogP contribution < -0.4 is 10.4 Å². The van der Waals surface area contributed by atoms with Crippen LogP contribution in [0.15, 0.2) is 110 Å². The second-order valence-electron chi connectivity index (χ2n) is 8.30. The molecule has 6 nitrogen and oxygen atoms in total. The quantitative estimate of drug-likeness (QED) is 0.234. The van der Waals surface area contributed by atoms with Crippen molar-refractivity contribution in [2.45, 2.75) is 13.8 Å². The third-order valence-corrected chi connectivity index (χ3v) is 7.29. The van der Waals surface area contributed by atoms with Gasteiger partial charge in [-0.3, -0.25) is 9.48 Å². The van der Waals surface area contributed by atoms with E-state index < -0.39 is 0 Å². The monoisotopic (exact) mass is 557 g/mol. The van der Waals surface area contributed by atoms with Gasteiger partial charge in [-0.15, -0.1) is 11.3 Å². The molecule has 36 heavy (non-hydrogen) atoms. The van der Waals surface area contributed by atoms with Crippen LogP contribution in [0.5, 0.6) is 0 Å². The molecule has 0 saturated carbocycles. The lowest BCUT2D eigenvalue weighted by atomic mass is 10.1. The predicted octanol–water partition coefficient (Wildman–Crippen LogP) is 6.28. The van der Waals surface area contributed by atoms with E-state index in [1.165, 1.54) is 11.3 Å². The van der Waals surface area contributed by atoms with Crippen molar-refractivity contribution < 1.29 is 0 Å². The highest BCUT2D eigenvalue weighted by Gasteiger charge is 2.17. The first-order valence-corrected chi connectivity index (χ1v) is 13.1. The maximum Gasteiger partial charge on any atom is 0.297 e. The topological polar surface area (TPSA) is 56.6 Å². The fraction of sp³-hybridized carbons (Fsp3) is 0.107. The number of nitrogens with zero attached hydrogens (tertiary/aromatic N) is 5. The summed E-state index contributed by atoms with van der Waals surface area (Å²) in [5.41, 5.74) is 5.55. The molecule has 180 valence electrons. The Labute approximate surface area is 221 Å². The molecular weight excluding hydrogens is 534 g/mol. The lowest BCUT2D eigenvalue weighted by Gasteiger charge is -2.07. The van der Waals surface area contributed by atoms with Gasteiger partial charge in [0, 0.05) is 22.5 Å². The Morgan fingerprint density at radius 1 is 0.944 bits per heavy atom. The highest BCUT2D eigenvalue weighted by molar-refractivity contribution is 9.10. The molecule has 0 radical (unpaired) electrons. The second-order valence-corrected chi connectivity index (χ2v) is 10.1. The van der Waals surface area contributed by atoms with E-state index in [9.17, 15) is 4.79 Å². The van der Waals surface area contributed by atoms with Crippen LogP contribution in [0.3, 0.4) is 0 Å². The second kappa shape index (κ2) is 10.1. The van der Waals surface area contributed by atoms with Crippen molar-refractivity contribution in [3.05, 3.63) is 121 Å². The zero-order valence-electron chi connectivity index (χ0n) is 20.1. The Balaban J connectivity index is 1.74. The van der Waals surface area contributed by atoms with E-state index in [0.29, 0.717) is 10.5 Å². The molecule has 0 atom stereocenters. The van der Waals surface area contributed by atoms with Gasteiger partial charge in [-0.2, -0.15) is 5.10 Å².